The first-order valence-electron chi connectivity index (χ1n) is 10.1. The lowest BCUT2D eigenvalue weighted by Gasteiger charge is -2.22. The van der Waals surface area contributed by atoms with Gasteiger partial charge in [0.05, 0.1) is 24.3 Å². The monoisotopic (exact) mass is 496 g/mol. The highest BCUT2D eigenvalue weighted by Crippen LogP contribution is 2.29. The molecule has 0 saturated carbocycles. The summed E-state index contributed by atoms with van der Waals surface area (Å²) in [5.41, 5.74) is 0.220. The highest BCUT2D eigenvalue weighted by molar-refractivity contribution is 7.93. The van der Waals surface area contributed by atoms with E-state index in [0.29, 0.717) is 33.0 Å². The minimum absolute atomic E-state index is 0.0549. The van der Waals surface area contributed by atoms with Crippen LogP contribution in [0.3, 0.4) is 0 Å². The number of nitrogens with zero attached hydrogens (tertiary/aromatic N) is 2. The van der Waals surface area contributed by atoms with Gasteiger partial charge >= 0.3 is 0 Å². The van der Waals surface area contributed by atoms with Crippen LogP contribution in [0.2, 0.25) is 5.02 Å². The number of halogens is 1. The number of carbonyl (C=O) groups is 1. The largest absolute Gasteiger partial charge is 0.497 e. The third kappa shape index (κ3) is 5.57. The molecule has 0 aliphatic heterocycles. The summed E-state index contributed by atoms with van der Waals surface area (Å²) in [6.45, 7) is 2.24. The molecule has 0 aliphatic carbocycles. The average molecular weight is 497 g/mol. The van der Waals surface area contributed by atoms with E-state index in [1.807, 2.05) is 13.0 Å². The van der Waals surface area contributed by atoms with Gasteiger partial charge in [-0.05, 0) is 79.2 Å². The first-order valence-corrected chi connectivity index (χ1v) is 12.0. The molecule has 0 unspecified atom stereocenters. The molecule has 7 nitrogen and oxygen atoms in total. The molecule has 0 aromatic heterocycles. The minimum atomic E-state index is -4.38. The number of benzene rings is 3. The van der Waals surface area contributed by atoms with Crippen molar-refractivity contribution in [2.24, 2.45) is 0 Å². The topological polar surface area (TPSA) is 96.7 Å². The number of anilines is 1. The Morgan fingerprint density at radius 2 is 1.59 bits per heavy atom. The van der Waals surface area contributed by atoms with E-state index in [-0.39, 0.29) is 16.2 Å². The highest BCUT2D eigenvalue weighted by atomic mass is 35.5. The van der Waals surface area contributed by atoms with Crippen LogP contribution in [0.1, 0.15) is 12.5 Å². The number of carbonyl (C=O) groups excluding carboxylic acids is 1. The summed E-state index contributed by atoms with van der Waals surface area (Å²) in [7, 11) is -2.86. The second-order valence-electron chi connectivity index (χ2n) is 6.90. The lowest BCUT2D eigenvalue weighted by Crippen LogP contribution is -2.37. The normalized spacial score (nSPS) is 11.4. The Hall–Kier alpha value is -3.80. The molecular weight excluding hydrogens is 476 g/mol. The summed E-state index contributed by atoms with van der Waals surface area (Å²) in [5.74, 6) is 0.109. The quantitative estimate of drug-likeness (QED) is 0.319. The summed E-state index contributed by atoms with van der Waals surface area (Å²) >= 11 is 5.90. The molecule has 0 saturated heterocycles. The number of rotatable bonds is 8. The molecule has 0 spiro atoms. The zero-order chi connectivity index (χ0) is 24.7. The molecule has 0 N–H and O–H groups in total. The second kappa shape index (κ2) is 10.9. The Balaban J connectivity index is 2.11. The summed E-state index contributed by atoms with van der Waals surface area (Å²) in [6, 6.07) is 19.9. The maximum Gasteiger partial charge on any atom is 0.282 e. The molecule has 0 bridgehead atoms. The van der Waals surface area contributed by atoms with Crippen LogP contribution in [0, 0.1) is 11.3 Å². The Labute approximate surface area is 203 Å². The second-order valence-corrected chi connectivity index (χ2v) is 9.12. The summed E-state index contributed by atoms with van der Waals surface area (Å²) < 4.78 is 38.2. The molecule has 3 aromatic rings. The molecule has 3 rings (SSSR count). The Morgan fingerprint density at radius 3 is 2.12 bits per heavy atom. The fourth-order valence-corrected chi connectivity index (χ4v) is 4.57. The van der Waals surface area contributed by atoms with E-state index in [0.717, 1.165) is 0 Å². The van der Waals surface area contributed by atoms with Crippen LogP contribution < -0.4 is 13.8 Å². The first kappa shape index (κ1) is 24.8. The van der Waals surface area contributed by atoms with Gasteiger partial charge in [-0.1, -0.05) is 23.7 Å². The van der Waals surface area contributed by atoms with Crippen molar-refractivity contribution in [2.75, 3.05) is 18.0 Å². The fourth-order valence-electron chi connectivity index (χ4n) is 3.04. The predicted octanol–water partition coefficient (Wildman–Crippen LogP) is 5.08. The predicted molar refractivity (Wildman–Crippen MR) is 130 cm³/mol. The summed E-state index contributed by atoms with van der Waals surface area (Å²) in [6.07, 6.45) is 1.32. The standard InChI is InChI=1S/C25H21ClN2O5S/c1-3-33-23-12-8-21(9-13-23)28(34(30,31)24-14-6-20(26)7-15-24)25(29)19(17-27)16-18-4-10-22(32-2)11-5-18/h4-16H,3H2,1-2H3/b19-16+. The Morgan fingerprint density at radius 1 is 1.00 bits per heavy atom. The number of hydrogen-bond donors (Lipinski definition) is 0. The average Bonchev–Trinajstić information content (AvgIpc) is 2.84. The van der Waals surface area contributed by atoms with Gasteiger partial charge in [0.25, 0.3) is 15.9 Å². The van der Waals surface area contributed by atoms with Crippen LogP contribution in [-0.4, -0.2) is 28.0 Å². The van der Waals surface area contributed by atoms with E-state index in [2.05, 4.69) is 0 Å². The van der Waals surface area contributed by atoms with E-state index >= 15 is 0 Å². The zero-order valence-electron chi connectivity index (χ0n) is 18.4. The van der Waals surface area contributed by atoms with E-state index in [4.69, 9.17) is 21.1 Å². The third-order valence-electron chi connectivity index (χ3n) is 4.70. The van der Waals surface area contributed by atoms with Gasteiger partial charge in [0.15, 0.2) is 0 Å². The number of nitriles is 1. The van der Waals surface area contributed by atoms with Crippen molar-refractivity contribution >= 4 is 39.3 Å². The van der Waals surface area contributed by atoms with Crippen molar-refractivity contribution in [3.63, 3.8) is 0 Å². The number of methoxy groups -OCH3 is 1. The zero-order valence-corrected chi connectivity index (χ0v) is 20.0. The minimum Gasteiger partial charge on any atom is -0.497 e. The molecule has 1 amide bonds. The van der Waals surface area contributed by atoms with Gasteiger partial charge in [0.1, 0.15) is 23.1 Å². The van der Waals surface area contributed by atoms with Gasteiger partial charge in [-0.15, -0.1) is 0 Å². The van der Waals surface area contributed by atoms with Crippen LogP contribution in [-0.2, 0) is 14.8 Å². The van der Waals surface area contributed by atoms with Crippen LogP contribution in [0.5, 0.6) is 11.5 Å². The maximum absolute atomic E-state index is 13.5. The van der Waals surface area contributed by atoms with Crippen LogP contribution in [0.4, 0.5) is 5.69 Å². The van der Waals surface area contributed by atoms with Gasteiger partial charge in [-0.25, -0.2) is 8.42 Å². The van der Waals surface area contributed by atoms with E-state index in [1.54, 1.807) is 36.4 Å². The lowest BCUT2D eigenvalue weighted by molar-refractivity contribution is -0.113. The molecule has 174 valence electrons. The summed E-state index contributed by atoms with van der Waals surface area (Å²) in [4.78, 5) is 13.3. The molecular formula is C25H21ClN2O5S. The molecule has 3 aromatic carbocycles. The number of ether oxygens (including phenoxy) is 2. The molecule has 9 heteroatoms. The fraction of sp³-hybridized carbons (Fsp3) is 0.120. The van der Waals surface area contributed by atoms with Crippen molar-refractivity contribution < 1.29 is 22.7 Å². The number of hydrogen-bond acceptors (Lipinski definition) is 6. The van der Waals surface area contributed by atoms with Crippen LogP contribution in [0.25, 0.3) is 6.08 Å². The lowest BCUT2D eigenvalue weighted by atomic mass is 10.1. The van der Waals surface area contributed by atoms with Crippen molar-refractivity contribution in [1.82, 2.24) is 0 Å². The van der Waals surface area contributed by atoms with E-state index < -0.39 is 15.9 Å². The van der Waals surface area contributed by atoms with Crippen LogP contribution >= 0.6 is 11.6 Å². The highest BCUT2D eigenvalue weighted by Gasteiger charge is 2.33. The van der Waals surface area contributed by atoms with Crippen molar-refractivity contribution in [3.8, 4) is 17.6 Å². The van der Waals surface area contributed by atoms with Crippen LogP contribution in [0.15, 0.2) is 83.3 Å². The smallest absolute Gasteiger partial charge is 0.282 e. The molecule has 34 heavy (non-hydrogen) atoms. The maximum atomic E-state index is 13.5. The Kier molecular flexibility index (Phi) is 7.95. The molecule has 0 heterocycles. The van der Waals surface area contributed by atoms with Gasteiger partial charge in [-0.3, -0.25) is 4.79 Å². The van der Waals surface area contributed by atoms with Gasteiger partial charge in [-0.2, -0.15) is 9.57 Å². The SMILES string of the molecule is CCOc1ccc(N(C(=O)/C(C#N)=C/c2ccc(OC)cc2)S(=O)(=O)c2ccc(Cl)cc2)cc1. The van der Waals surface area contributed by atoms with E-state index in [9.17, 15) is 18.5 Å². The van der Waals surface area contributed by atoms with Gasteiger partial charge in [0, 0.05) is 5.02 Å². The van der Waals surface area contributed by atoms with Gasteiger partial charge in [0.2, 0.25) is 0 Å². The third-order valence-corrected chi connectivity index (χ3v) is 6.67. The Bertz CT molecular complexity index is 1330. The molecule has 0 atom stereocenters. The first-order chi connectivity index (χ1) is 16.3. The van der Waals surface area contributed by atoms with Crippen molar-refractivity contribution in [3.05, 3.63) is 89.0 Å². The molecule has 0 radical (unpaired) electrons. The van der Waals surface area contributed by atoms with Crippen molar-refractivity contribution in [1.29, 1.82) is 5.26 Å². The molecule has 0 aliphatic rings. The molecule has 0 fully saturated rings. The summed E-state index contributed by atoms with van der Waals surface area (Å²) in [5, 5.41) is 10.1. The number of sulfonamides is 1. The van der Waals surface area contributed by atoms with E-state index in [1.165, 1.54) is 49.6 Å². The van der Waals surface area contributed by atoms with Gasteiger partial charge < -0.3 is 9.47 Å². The van der Waals surface area contributed by atoms with Crippen molar-refractivity contribution in [2.45, 2.75) is 11.8 Å². The number of amides is 1.